The van der Waals surface area contributed by atoms with E-state index >= 15 is 0 Å². The lowest BCUT2D eigenvalue weighted by Crippen LogP contribution is -2.47. The van der Waals surface area contributed by atoms with Gasteiger partial charge in [0, 0.05) is 37.9 Å². The maximum atomic E-state index is 13.8. The van der Waals surface area contributed by atoms with Crippen LogP contribution >= 0.6 is 0 Å². The molecule has 0 saturated carbocycles. The predicted octanol–water partition coefficient (Wildman–Crippen LogP) is 3.65. The second kappa shape index (κ2) is 9.88. The Labute approximate surface area is 209 Å². The van der Waals surface area contributed by atoms with Gasteiger partial charge < -0.3 is 24.6 Å². The van der Waals surface area contributed by atoms with Crippen LogP contribution in [0.3, 0.4) is 0 Å². The number of amides is 1. The highest BCUT2D eigenvalue weighted by atomic mass is 19.1. The lowest BCUT2D eigenvalue weighted by Gasteiger charge is -2.35. The summed E-state index contributed by atoms with van der Waals surface area (Å²) < 4.78 is 27.1. The Kier molecular flexibility index (Phi) is 6.65. The third-order valence-electron chi connectivity index (χ3n) is 6.30. The molecular formula is C25H32FN7O3. The minimum Gasteiger partial charge on any atom is -0.444 e. The molecule has 1 amide bonds. The molecule has 5 rings (SSSR count). The Morgan fingerprint density at radius 2 is 2.06 bits per heavy atom. The lowest BCUT2D eigenvalue weighted by atomic mass is 10.1. The van der Waals surface area contributed by atoms with Crippen molar-refractivity contribution in [1.82, 2.24) is 24.3 Å². The van der Waals surface area contributed by atoms with Crippen molar-refractivity contribution >= 4 is 23.4 Å². The number of carbonyl (C=O) groups excluding carboxylic acids is 1. The standard InChI is InChI=1S/C25H32FN7O3/c1-25(2,3)36-24(34)32-8-4-5-18(14-32)30-21-11-23(29-16-28-21)31-9-10-35-20(15-31)19-12-27-22-7-6-17(26)13-33(19)22/h6-7,11-13,16,18,20H,4-5,8-10,14-15H2,1-3H3,(H,28,29,30). The van der Waals surface area contributed by atoms with Crippen LogP contribution < -0.4 is 10.2 Å². The predicted molar refractivity (Wildman–Crippen MR) is 133 cm³/mol. The summed E-state index contributed by atoms with van der Waals surface area (Å²) >= 11 is 0. The lowest BCUT2D eigenvalue weighted by molar-refractivity contribution is 0.0206. The minimum atomic E-state index is -0.521. The van der Waals surface area contributed by atoms with Crippen molar-refractivity contribution < 1.29 is 18.7 Å². The highest BCUT2D eigenvalue weighted by Crippen LogP contribution is 2.27. The summed E-state index contributed by atoms with van der Waals surface area (Å²) in [6.07, 6.45) is 5.96. The third kappa shape index (κ3) is 5.51. The number of hydrogen-bond donors (Lipinski definition) is 1. The molecule has 5 heterocycles. The molecule has 0 aliphatic carbocycles. The first-order chi connectivity index (χ1) is 17.2. The summed E-state index contributed by atoms with van der Waals surface area (Å²) in [6, 6.07) is 5.04. The number of hydrogen-bond acceptors (Lipinski definition) is 8. The van der Waals surface area contributed by atoms with Gasteiger partial charge >= 0.3 is 6.09 Å². The molecule has 11 heteroatoms. The van der Waals surface area contributed by atoms with E-state index < -0.39 is 5.60 Å². The number of ether oxygens (including phenoxy) is 2. The largest absolute Gasteiger partial charge is 0.444 e. The zero-order valence-electron chi connectivity index (χ0n) is 20.9. The van der Waals surface area contributed by atoms with Gasteiger partial charge in [0.2, 0.25) is 0 Å². The molecule has 3 aromatic rings. The Morgan fingerprint density at radius 1 is 1.19 bits per heavy atom. The summed E-state index contributed by atoms with van der Waals surface area (Å²) in [6.45, 7) is 8.59. The zero-order chi connectivity index (χ0) is 25.3. The molecule has 1 N–H and O–H groups in total. The average molecular weight is 498 g/mol. The fourth-order valence-corrected chi connectivity index (χ4v) is 4.64. The van der Waals surface area contributed by atoms with Gasteiger partial charge in [0.15, 0.2) is 0 Å². The second-order valence-corrected chi connectivity index (χ2v) is 10.2. The maximum Gasteiger partial charge on any atom is 0.410 e. The average Bonchev–Trinajstić information content (AvgIpc) is 3.26. The monoisotopic (exact) mass is 497 g/mol. The van der Waals surface area contributed by atoms with E-state index in [0.29, 0.717) is 44.3 Å². The van der Waals surface area contributed by atoms with E-state index in [4.69, 9.17) is 9.47 Å². The van der Waals surface area contributed by atoms with Gasteiger partial charge in [0.1, 0.15) is 41.1 Å². The van der Waals surface area contributed by atoms with E-state index in [1.54, 1.807) is 27.9 Å². The van der Waals surface area contributed by atoms with Crippen molar-refractivity contribution in [3.63, 3.8) is 0 Å². The summed E-state index contributed by atoms with van der Waals surface area (Å²) in [4.78, 5) is 29.7. The van der Waals surface area contributed by atoms with Crippen LogP contribution in [0.2, 0.25) is 0 Å². The molecule has 0 bridgehead atoms. The molecule has 2 aliphatic rings. The molecule has 2 unspecified atom stereocenters. The number of halogens is 1. The van der Waals surface area contributed by atoms with Crippen molar-refractivity contribution in [2.24, 2.45) is 0 Å². The first kappa shape index (κ1) is 24.2. The number of carbonyl (C=O) groups is 1. The smallest absolute Gasteiger partial charge is 0.410 e. The number of morpholine rings is 1. The maximum absolute atomic E-state index is 13.8. The SMILES string of the molecule is CC(C)(C)OC(=O)N1CCCC(Nc2cc(N3CCOC(c4cnc5ccc(F)cn45)C3)ncn2)C1. The van der Waals surface area contributed by atoms with Gasteiger partial charge in [-0.2, -0.15) is 0 Å². The number of rotatable bonds is 4. The number of piperidine rings is 1. The molecule has 3 aromatic heterocycles. The number of nitrogens with zero attached hydrogens (tertiary/aromatic N) is 6. The van der Waals surface area contributed by atoms with Gasteiger partial charge in [0.25, 0.3) is 0 Å². The molecule has 0 radical (unpaired) electrons. The van der Waals surface area contributed by atoms with Crippen molar-refractivity contribution in [2.75, 3.05) is 43.0 Å². The molecule has 2 saturated heterocycles. The molecule has 2 aliphatic heterocycles. The topological polar surface area (TPSA) is 97.1 Å². The van der Waals surface area contributed by atoms with Gasteiger partial charge in [-0.1, -0.05) is 0 Å². The normalized spacial score (nSPS) is 21.0. The number of nitrogens with one attached hydrogen (secondary N) is 1. The van der Waals surface area contributed by atoms with Gasteiger partial charge in [0.05, 0.1) is 25.0 Å². The molecule has 2 fully saturated rings. The highest BCUT2D eigenvalue weighted by molar-refractivity contribution is 5.68. The summed E-state index contributed by atoms with van der Waals surface area (Å²) in [7, 11) is 0. The molecule has 36 heavy (non-hydrogen) atoms. The first-order valence-corrected chi connectivity index (χ1v) is 12.3. The van der Waals surface area contributed by atoms with Crippen LogP contribution in [0.25, 0.3) is 5.65 Å². The van der Waals surface area contributed by atoms with E-state index in [1.807, 2.05) is 26.8 Å². The van der Waals surface area contributed by atoms with Crippen molar-refractivity contribution in [2.45, 2.75) is 51.4 Å². The van der Waals surface area contributed by atoms with Crippen LogP contribution in [0, 0.1) is 5.82 Å². The fourth-order valence-electron chi connectivity index (χ4n) is 4.64. The highest BCUT2D eigenvalue weighted by Gasteiger charge is 2.29. The van der Waals surface area contributed by atoms with E-state index in [9.17, 15) is 9.18 Å². The van der Waals surface area contributed by atoms with Crippen molar-refractivity contribution in [3.8, 4) is 0 Å². The van der Waals surface area contributed by atoms with E-state index in [2.05, 4.69) is 25.2 Å². The molecule has 0 aromatic carbocycles. The number of imidazole rings is 1. The third-order valence-corrected chi connectivity index (χ3v) is 6.30. The van der Waals surface area contributed by atoms with E-state index in [0.717, 1.165) is 24.4 Å². The number of aromatic nitrogens is 4. The Hall–Kier alpha value is -3.47. The molecule has 2 atom stereocenters. The van der Waals surface area contributed by atoms with Crippen LogP contribution in [0.4, 0.5) is 20.8 Å². The number of fused-ring (bicyclic) bond motifs is 1. The molecule has 10 nitrogen and oxygen atoms in total. The van der Waals surface area contributed by atoms with Gasteiger partial charge in [-0.3, -0.25) is 4.40 Å². The Morgan fingerprint density at radius 3 is 2.89 bits per heavy atom. The van der Waals surface area contributed by atoms with Crippen LogP contribution in [0.15, 0.2) is 36.9 Å². The number of anilines is 2. The van der Waals surface area contributed by atoms with Crippen LogP contribution in [0.1, 0.15) is 45.4 Å². The number of pyridine rings is 1. The van der Waals surface area contributed by atoms with Crippen LogP contribution in [0.5, 0.6) is 0 Å². The van der Waals surface area contributed by atoms with Crippen molar-refractivity contribution in [3.05, 3.63) is 48.4 Å². The van der Waals surface area contributed by atoms with Crippen molar-refractivity contribution in [1.29, 1.82) is 0 Å². The van der Waals surface area contributed by atoms with E-state index in [1.165, 1.54) is 12.3 Å². The molecule has 192 valence electrons. The number of likely N-dealkylation sites (tertiary alicyclic amines) is 1. The quantitative estimate of drug-likeness (QED) is 0.584. The van der Waals surface area contributed by atoms with Gasteiger partial charge in [-0.25, -0.2) is 24.1 Å². The van der Waals surface area contributed by atoms with Crippen LogP contribution in [-0.2, 0) is 9.47 Å². The second-order valence-electron chi connectivity index (χ2n) is 10.2. The van der Waals surface area contributed by atoms with Gasteiger partial charge in [-0.05, 0) is 45.7 Å². The molecule has 0 spiro atoms. The van der Waals surface area contributed by atoms with Crippen LogP contribution in [-0.4, -0.2) is 74.8 Å². The fraction of sp³-hybridized carbons (Fsp3) is 0.520. The molecular weight excluding hydrogens is 465 g/mol. The Bertz CT molecular complexity index is 1230. The minimum absolute atomic E-state index is 0.0690. The summed E-state index contributed by atoms with van der Waals surface area (Å²) in [5, 5.41) is 3.46. The Balaban J connectivity index is 1.25. The van der Waals surface area contributed by atoms with Gasteiger partial charge in [-0.15, -0.1) is 0 Å². The zero-order valence-corrected chi connectivity index (χ0v) is 20.9. The summed E-state index contributed by atoms with van der Waals surface area (Å²) in [5.74, 6) is 1.16. The summed E-state index contributed by atoms with van der Waals surface area (Å²) in [5.41, 5.74) is 0.950. The van der Waals surface area contributed by atoms with E-state index in [-0.39, 0.29) is 24.1 Å². The first-order valence-electron chi connectivity index (χ1n) is 12.3.